The number of allylic oxidation sites excluding steroid dienone is 3. The normalized spacial score (nSPS) is 22.9. The van der Waals surface area contributed by atoms with Crippen LogP contribution in [0.4, 0.5) is 5.69 Å². The van der Waals surface area contributed by atoms with Crippen LogP contribution in [0.3, 0.4) is 0 Å². The number of amides is 2. The summed E-state index contributed by atoms with van der Waals surface area (Å²) in [4.78, 5) is 28.5. The minimum Gasteiger partial charge on any atom is -0.508 e. The number of halogens is 2. The zero-order valence-electron chi connectivity index (χ0n) is 19.9. The summed E-state index contributed by atoms with van der Waals surface area (Å²) < 4.78 is 5.34. The fourth-order valence-electron chi connectivity index (χ4n) is 5.55. The van der Waals surface area contributed by atoms with Crippen LogP contribution < -0.4 is 10.2 Å². The van der Waals surface area contributed by atoms with Gasteiger partial charge in [0.2, 0.25) is 0 Å². The van der Waals surface area contributed by atoms with Gasteiger partial charge in [-0.15, -0.1) is 0 Å². The van der Waals surface area contributed by atoms with Gasteiger partial charge in [-0.2, -0.15) is 5.01 Å². The molecule has 3 aromatic carbocycles. The Balaban J connectivity index is 1.74. The fourth-order valence-corrected chi connectivity index (χ4v) is 6.00. The third-order valence-electron chi connectivity index (χ3n) is 7.22. The van der Waals surface area contributed by atoms with Crippen molar-refractivity contribution in [2.45, 2.75) is 17.8 Å². The molecule has 3 atom stereocenters. The number of nitrogens with zero attached hydrogens (tertiary/aromatic N) is 1. The number of para-hydroxylation sites is 1. The summed E-state index contributed by atoms with van der Waals surface area (Å²) in [6.07, 6.45) is 3.91. The largest absolute Gasteiger partial charge is 0.508 e. The maximum absolute atomic E-state index is 14.6. The predicted molar refractivity (Wildman–Crippen MR) is 144 cm³/mol. The number of methoxy groups -OCH3 is 1. The van der Waals surface area contributed by atoms with E-state index in [9.17, 15) is 14.7 Å². The monoisotopic (exact) mass is 534 g/mol. The molecule has 6 nitrogen and oxygen atoms in total. The van der Waals surface area contributed by atoms with Crippen molar-refractivity contribution >= 4 is 40.7 Å². The Kier molecular flexibility index (Phi) is 6.48. The lowest BCUT2D eigenvalue weighted by molar-refractivity contribution is -0.138. The molecule has 1 fully saturated rings. The number of anilines is 1. The molecule has 0 aromatic heterocycles. The van der Waals surface area contributed by atoms with E-state index in [2.05, 4.69) is 12.0 Å². The molecular weight excluding hydrogens is 511 g/mol. The Morgan fingerprint density at radius 2 is 1.84 bits per heavy atom. The van der Waals surface area contributed by atoms with Gasteiger partial charge in [-0.3, -0.25) is 15.0 Å². The zero-order chi connectivity index (χ0) is 26.3. The van der Waals surface area contributed by atoms with Gasteiger partial charge in [-0.05, 0) is 54.0 Å². The van der Waals surface area contributed by atoms with E-state index in [1.165, 1.54) is 6.07 Å². The number of aromatic hydroxyl groups is 1. The lowest BCUT2D eigenvalue weighted by atomic mass is 9.56. The van der Waals surface area contributed by atoms with Crippen LogP contribution in [-0.4, -0.2) is 29.0 Å². The minimum absolute atomic E-state index is 0.0289. The van der Waals surface area contributed by atoms with Gasteiger partial charge in [-0.25, -0.2) is 0 Å². The molecule has 3 unspecified atom stereocenters. The molecule has 1 saturated heterocycles. The van der Waals surface area contributed by atoms with Crippen LogP contribution in [0.15, 0.2) is 91.0 Å². The van der Waals surface area contributed by atoms with Crippen LogP contribution in [-0.2, 0) is 15.0 Å². The molecule has 2 amide bonds. The topological polar surface area (TPSA) is 78.9 Å². The molecule has 5 rings (SSSR count). The van der Waals surface area contributed by atoms with E-state index in [1.54, 1.807) is 73.8 Å². The van der Waals surface area contributed by atoms with E-state index in [-0.39, 0.29) is 10.8 Å². The fraction of sp³-hybridized carbons (Fsp3) is 0.172. The molecule has 3 aromatic rings. The maximum Gasteiger partial charge on any atom is 0.260 e. The molecule has 0 spiro atoms. The number of hydrazine groups is 1. The summed E-state index contributed by atoms with van der Waals surface area (Å²) >= 11 is 12.4. The standard InChI is InChI=1S/C29H24Cl2N2O4/c1-3-17-8-14-22-27(35)33(32-24-15-11-19(30)16-23(24)31)28(36)29(22,18-9-12-20(37-2)13-10-18)26(17)21-6-4-5-7-25(21)34/h3-13,15-16,22,26,32,34H,1,14H2,2H3. The average Bonchev–Trinajstić information content (AvgIpc) is 3.12. The summed E-state index contributed by atoms with van der Waals surface area (Å²) in [5.41, 5.74) is 3.84. The van der Waals surface area contributed by atoms with Crippen LogP contribution in [0, 0.1) is 5.92 Å². The molecule has 1 heterocycles. The molecule has 1 aliphatic carbocycles. The van der Waals surface area contributed by atoms with Crippen LogP contribution in [0.5, 0.6) is 11.5 Å². The average molecular weight is 535 g/mol. The van der Waals surface area contributed by atoms with Crippen molar-refractivity contribution in [2.24, 2.45) is 5.92 Å². The summed E-state index contributed by atoms with van der Waals surface area (Å²) in [7, 11) is 1.56. The molecular formula is C29H24Cl2N2O4. The molecule has 0 bridgehead atoms. The van der Waals surface area contributed by atoms with Crippen molar-refractivity contribution in [1.29, 1.82) is 0 Å². The number of hydrogen-bond acceptors (Lipinski definition) is 5. The summed E-state index contributed by atoms with van der Waals surface area (Å²) in [6.45, 7) is 3.98. The molecule has 2 N–H and O–H groups in total. The number of benzene rings is 3. The van der Waals surface area contributed by atoms with E-state index in [0.29, 0.717) is 34.0 Å². The second kappa shape index (κ2) is 9.61. The van der Waals surface area contributed by atoms with Crippen LogP contribution in [0.25, 0.3) is 0 Å². The summed E-state index contributed by atoms with van der Waals surface area (Å²) in [5, 5.41) is 12.7. The van der Waals surface area contributed by atoms with E-state index in [4.69, 9.17) is 27.9 Å². The first-order chi connectivity index (χ1) is 17.8. The minimum atomic E-state index is -1.37. The van der Waals surface area contributed by atoms with Crippen molar-refractivity contribution < 1.29 is 19.4 Å². The molecule has 8 heteroatoms. The molecule has 0 radical (unpaired) electrons. The third-order valence-corrected chi connectivity index (χ3v) is 7.77. The predicted octanol–water partition coefficient (Wildman–Crippen LogP) is 6.26. The highest BCUT2D eigenvalue weighted by atomic mass is 35.5. The number of phenols is 1. The second-order valence-electron chi connectivity index (χ2n) is 9.00. The Hall–Kier alpha value is -3.74. The number of nitrogens with one attached hydrogen (secondary N) is 1. The summed E-state index contributed by atoms with van der Waals surface area (Å²) in [5.74, 6) is -1.64. The lowest BCUT2D eigenvalue weighted by Gasteiger charge is -2.43. The van der Waals surface area contributed by atoms with Gasteiger partial charge in [0.05, 0.1) is 29.2 Å². The molecule has 37 heavy (non-hydrogen) atoms. The number of hydrogen-bond donors (Lipinski definition) is 2. The Bertz CT molecular complexity index is 1440. The van der Waals surface area contributed by atoms with Crippen LogP contribution in [0.2, 0.25) is 10.0 Å². The van der Waals surface area contributed by atoms with Crippen molar-refractivity contribution in [2.75, 3.05) is 12.5 Å². The first-order valence-electron chi connectivity index (χ1n) is 11.7. The van der Waals surface area contributed by atoms with E-state index >= 15 is 0 Å². The molecule has 0 saturated carbocycles. The van der Waals surface area contributed by atoms with Crippen LogP contribution in [0.1, 0.15) is 23.5 Å². The Morgan fingerprint density at radius 3 is 2.49 bits per heavy atom. The van der Waals surface area contributed by atoms with Gasteiger partial charge in [0.15, 0.2) is 0 Å². The van der Waals surface area contributed by atoms with Gasteiger partial charge in [0.25, 0.3) is 11.8 Å². The van der Waals surface area contributed by atoms with Crippen molar-refractivity contribution in [1.82, 2.24) is 5.01 Å². The molecule has 1 aliphatic heterocycles. The number of fused-ring (bicyclic) bond motifs is 1. The quantitative estimate of drug-likeness (QED) is 0.365. The molecule has 188 valence electrons. The van der Waals surface area contributed by atoms with E-state index in [1.807, 2.05) is 6.08 Å². The number of phenolic OH excluding ortho intramolecular Hbond substituents is 1. The first-order valence-corrected chi connectivity index (χ1v) is 12.4. The number of rotatable bonds is 6. The van der Waals surface area contributed by atoms with E-state index < -0.39 is 29.1 Å². The number of imide groups is 1. The van der Waals surface area contributed by atoms with Gasteiger partial charge >= 0.3 is 0 Å². The second-order valence-corrected chi connectivity index (χ2v) is 9.84. The Labute approximate surface area is 224 Å². The summed E-state index contributed by atoms with van der Waals surface area (Å²) in [6, 6.07) is 18.8. The SMILES string of the molecule is C=CC1=CCC2C(=O)N(Nc3ccc(Cl)cc3Cl)C(=O)C2(c2ccc(OC)cc2)C1c1ccccc1O. The van der Waals surface area contributed by atoms with Crippen molar-refractivity contribution in [3.05, 3.63) is 112 Å². The lowest BCUT2D eigenvalue weighted by Crippen LogP contribution is -2.48. The highest BCUT2D eigenvalue weighted by Crippen LogP contribution is 2.58. The van der Waals surface area contributed by atoms with Gasteiger partial charge in [0, 0.05) is 16.5 Å². The van der Waals surface area contributed by atoms with Crippen molar-refractivity contribution in [3.63, 3.8) is 0 Å². The smallest absolute Gasteiger partial charge is 0.260 e. The van der Waals surface area contributed by atoms with Gasteiger partial charge in [-0.1, -0.05) is 72.3 Å². The highest BCUT2D eigenvalue weighted by Gasteiger charge is 2.66. The first kappa shape index (κ1) is 24.9. The highest BCUT2D eigenvalue weighted by molar-refractivity contribution is 6.36. The van der Waals surface area contributed by atoms with Gasteiger partial charge < -0.3 is 9.84 Å². The molecule has 2 aliphatic rings. The number of carbonyl (C=O) groups excluding carboxylic acids is 2. The van der Waals surface area contributed by atoms with E-state index in [0.717, 1.165) is 10.6 Å². The third kappa shape index (κ3) is 3.88. The number of ether oxygens (including phenoxy) is 1. The zero-order valence-corrected chi connectivity index (χ0v) is 21.5. The van der Waals surface area contributed by atoms with Crippen LogP contribution >= 0.6 is 23.2 Å². The van der Waals surface area contributed by atoms with Gasteiger partial charge in [0.1, 0.15) is 11.5 Å². The number of carbonyl (C=O) groups is 2. The maximum atomic E-state index is 14.6. The Morgan fingerprint density at radius 1 is 1.11 bits per heavy atom. The van der Waals surface area contributed by atoms with Crippen molar-refractivity contribution in [3.8, 4) is 11.5 Å².